The summed E-state index contributed by atoms with van der Waals surface area (Å²) < 4.78 is 5.63. The van der Waals surface area contributed by atoms with Crippen LogP contribution in [0.15, 0.2) is 52.2 Å². The van der Waals surface area contributed by atoms with Crippen molar-refractivity contribution in [3.05, 3.63) is 59.0 Å². The van der Waals surface area contributed by atoms with E-state index in [0.717, 1.165) is 43.0 Å². The Kier molecular flexibility index (Phi) is 6.04. The third-order valence-electron chi connectivity index (χ3n) is 5.90. The molecule has 1 saturated heterocycles. The van der Waals surface area contributed by atoms with Gasteiger partial charge < -0.3 is 9.52 Å². The highest BCUT2D eigenvalue weighted by atomic mass is 35.5. The van der Waals surface area contributed by atoms with Gasteiger partial charge in [0.2, 0.25) is 0 Å². The molecule has 1 fully saturated rings. The number of likely N-dealkylation sites (tertiary alicyclic amines) is 1. The molecule has 0 aliphatic carbocycles. The fourth-order valence-corrected chi connectivity index (χ4v) is 4.30. The molecule has 0 spiro atoms. The molecule has 1 amide bonds. The number of hydrogen-bond acceptors (Lipinski definition) is 5. The van der Waals surface area contributed by atoms with Gasteiger partial charge in [0.1, 0.15) is 11.8 Å². The average Bonchev–Trinajstić information content (AvgIpc) is 3.43. The highest BCUT2D eigenvalue weighted by Crippen LogP contribution is 2.34. The summed E-state index contributed by atoms with van der Waals surface area (Å²) in [7, 11) is 0. The fraction of sp³-hybridized carbons (Fsp3) is 0.455. The second kappa shape index (κ2) is 8.69. The summed E-state index contributed by atoms with van der Waals surface area (Å²) in [5, 5.41) is 16.5. The lowest BCUT2D eigenvalue weighted by molar-refractivity contribution is -0.139. The maximum absolute atomic E-state index is 13.4. The van der Waals surface area contributed by atoms with Crippen LogP contribution in [0.4, 0.5) is 0 Å². The first-order valence-corrected chi connectivity index (χ1v) is 10.5. The van der Waals surface area contributed by atoms with Gasteiger partial charge in [-0.15, -0.1) is 0 Å². The van der Waals surface area contributed by atoms with Crippen molar-refractivity contribution in [2.24, 2.45) is 11.0 Å². The number of carbonyl (C=O) groups is 1. The zero-order chi connectivity index (χ0) is 20.4. The Labute approximate surface area is 175 Å². The smallest absolute Gasteiger partial charge is 0.260 e. The average molecular weight is 416 g/mol. The molecule has 6 nitrogen and oxygen atoms in total. The Morgan fingerprint density at radius 2 is 2.14 bits per heavy atom. The minimum atomic E-state index is -0.310. The molecule has 3 heterocycles. The number of aliphatic hydroxyl groups excluding tert-OH is 1. The van der Waals surface area contributed by atoms with Crippen molar-refractivity contribution >= 4 is 23.2 Å². The van der Waals surface area contributed by atoms with Crippen molar-refractivity contribution in [3.63, 3.8) is 0 Å². The Bertz CT molecular complexity index is 866. The number of carbonyl (C=O) groups excluding carboxylic acids is 1. The molecule has 0 radical (unpaired) electrons. The molecule has 2 aliphatic rings. The van der Waals surface area contributed by atoms with Gasteiger partial charge in [-0.2, -0.15) is 5.10 Å². The first-order valence-electron chi connectivity index (χ1n) is 10.1. The topological polar surface area (TPSA) is 69.3 Å². The summed E-state index contributed by atoms with van der Waals surface area (Å²) in [4.78, 5) is 15.6. The first-order chi connectivity index (χ1) is 14.1. The number of hydrazone groups is 1. The van der Waals surface area contributed by atoms with E-state index in [4.69, 9.17) is 21.1 Å². The van der Waals surface area contributed by atoms with E-state index in [1.807, 2.05) is 43.3 Å². The summed E-state index contributed by atoms with van der Waals surface area (Å²) >= 11 is 6.02. The van der Waals surface area contributed by atoms with Crippen molar-refractivity contribution in [3.8, 4) is 0 Å². The molecule has 29 heavy (non-hydrogen) atoms. The number of amides is 1. The van der Waals surface area contributed by atoms with Gasteiger partial charge in [-0.3, -0.25) is 9.69 Å². The zero-order valence-corrected chi connectivity index (χ0v) is 17.3. The van der Waals surface area contributed by atoms with E-state index >= 15 is 0 Å². The van der Waals surface area contributed by atoms with E-state index in [9.17, 15) is 9.90 Å². The summed E-state index contributed by atoms with van der Waals surface area (Å²) in [6, 6.07) is 10.7. The van der Waals surface area contributed by atoms with Gasteiger partial charge in [-0.1, -0.05) is 23.7 Å². The van der Waals surface area contributed by atoms with Crippen molar-refractivity contribution in [1.82, 2.24) is 9.91 Å². The van der Waals surface area contributed by atoms with Gasteiger partial charge in [-0.25, -0.2) is 5.01 Å². The van der Waals surface area contributed by atoms with Crippen LogP contribution in [0.2, 0.25) is 5.02 Å². The molecule has 0 saturated carbocycles. The van der Waals surface area contributed by atoms with E-state index in [0.29, 0.717) is 11.4 Å². The van der Waals surface area contributed by atoms with Crippen LogP contribution in [-0.2, 0) is 4.79 Å². The van der Waals surface area contributed by atoms with Crippen LogP contribution < -0.4 is 0 Å². The SMILES string of the molecule is CC(C(=O)N1N=C(c2ccc(Cl)cc2)CC1c1ccco1)N1CCCC(CO)C1. The zero-order valence-electron chi connectivity index (χ0n) is 16.5. The number of rotatable bonds is 5. The highest BCUT2D eigenvalue weighted by Gasteiger charge is 2.39. The molecule has 3 atom stereocenters. The number of benzene rings is 1. The van der Waals surface area contributed by atoms with Crippen LogP contribution in [0.5, 0.6) is 0 Å². The van der Waals surface area contributed by atoms with E-state index in [1.54, 1.807) is 11.3 Å². The monoisotopic (exact) mass is 415 g/mol. The largest absolute Gasteiger partial charge is 0.467 e. The summed E-state index contributed by atoms with van der Waals surface area (Å²) in [6.07, 6.45) is 4.21. The van der Waals surface area contributed by atoms with Gasteiger partial charge >= 0.3 is 0 Å². The van der Waals surface area contributed by atoms with Gasteiger partial charge in [0.15, 0.2) is 0 Å². The standard InChI is InChI=1S/C22H26ClN3O3/c1-15(25-10-2-4-16(13-25)14-27)22(28)26-20(21-5-3-11-29-21)12-19(24-26)17-6-8-18(23)9-7-17/h3,5-9,11,15-16,20,27H,2,4,10,12-14H2,1H3. The normalized spacial score (nSPS) is 23.8. The van der Waals surface area contributed by atoms with E-state index < -0.39 is 0 Å². The minimum Gasteiger partial charge on any atom is -0.467 e. The maximum atomic E-state index is 13.4. The highest BCUT2D eigenvalue weighted by molar-refractivity contribution is 6.30. The lowest BCUT2D eigenvalue weighted by atomic mass is 9.97. The van der Waals surface area contributed by atoms with Crippen LogP contribution >= 0.6 is 11.6 Å². The van der Waals surface area contributed by atoms with Gasteiger partial charge in [0.25, 0.3) is 5.91 Å². The van der Waals surface area contributed by atoms with Crippen molar-refractivity contribution in [2.75, 3.05) is 19.7 Å². The predicted octanol–water partition coefficient (Wildman–Crippen LogP) is 3.70. The molecule has 1 aromatic heterocycles. The summed E-state index contributed by atoms with van der Waals surface area (Å²) in [6.45, 7) is 3.68. The van der Waals surface area contributed by atoms with Gasteiger partial charge in [0, 0.05) is 24.6 Å². The Hall–Kier alpha value is -2.15. The molecule has 1 N–H and O–H groups in total. The number of piperidine rings is 1. The number of furan rings is 1. The molecule has 1 aromatic carbocycles. The molecule has 7 heteroatoms. The van der Waals surface area contributed by atoms with E-state index in [-0.39, 0.29) is 30.5 Å². The van der Waals surface area contributed by atoms with Crippen LogP contribution in [0.3, 0.4) is 0 Å². The number of hydrogen-bond donors (Lipinski definition) is 1. The van der Waals surface area contributed by atoms with Gasteiger partial charge in [-0.05, 0) is 62.1 Å². The van der Waals surface area contributed by atoms with Crippen LogP contribution in [0, 0.1) is 5.92 Å². The second-order valence-electron chi connectivity index (χ2n) is 7.83. The summed E-state index contributed by atoms with van der Waals surface area (Å²) in [5.41, 5.74) is 1.79. The Morgan fingerprint density at radius 1 is 1.34 bits per heavy atom. The number of halogens is 1. The molecule has 4 rings (SSSR count). The molecule has 154 valence electrons. The molecule has 2 aliphatic heterocycles. The van der Waals surface area contributed by atoms with Gasteiger partial charge in [0.05, 0.1) is 18.0 Å². The maximum Gasteiger partial charge on any atom is 0.260 e. The van der Waals surface area contributed by atoms with Crippen LogP contribution in [0.1, 0.15) is 43.6 Å². The van der Waals surface area contributed by atoms with Crippen molar-refractivity contribution < 1.29 is 14.3 Å². The lowest BCUT2D eigenvalue weighted by Crippen LogP contribution is -2.49. The molecule has 0 bridgehead atoms. The quantitative estimate of drug-likeness (QED) is 0.808. The second-order valence-corrected chi connectivity index (χ2v) is 8.27. The molecule has 2 aromatic rings. The number of nitrogens with zero attached hydrogens (tertiary/aromatic N) is 3. The first kappa shape index (κ1) is 20.1. The third-order valence-corrected chi connectivity index (χ3v) is 6.15. The van der Waals surface area contributed by atoms with Crippen molar-refractivity contribution in [1.29, 1.82) is 0 Å². The Morgan fingerprint density at radius 3 is 2.83 bits per heavy atom. The fourth-order valence-electron chi connectivity index (χ4n) is 4.18. The van der Waals surface area contributed by atoms with Crippen molar-refractivity contribution in [2.45, 2.75) is 38.3 Å². The van der Waals surface area contributed by atoms with Crippen LogP contribution in [-0.4, -0.2) is 52.4 Å². The lowest BCUT2D eigenvalue weighted by Gasteiger charge is -2.36. The molecular formula is C22H26ClN3O3. The third kappa shape index (κ3) is 4.25. The predicted molar refractivity (Wildman–Crippen MR) is 112 cm³/mol. The van der Waals surface area contributed by atoms with Crippen LogP contribution in [0.25, 0.3) is 0 Å². The Balaban J connectivity index is 1.58. The molecular weight excluding hydrogens is 390 g/mol. The minimum absolute atomic E-state index is 0.0473. The van der Waals surface area contributed by atoms with E-state index in [1.165, 1.54) is 0 Å². The van der Waals surface area contributed by atoms with E-state index in [2.05, 4.69) is 4.90 Å². The molecule has 3 unspecified atom stereocenters. The summed E-state index contributed by atoms with van der Waals surface area (Å²) in [5.74, 6) is 0.908. The number of aliphatic hydroxyl groups is 1.